The topological polar surface area (TPSA) is 72.8 Å². The van der Waals surface area contributed by atoms with E-state index in [1.165, 1.54) is 23.9 Å². The van der Waals surface area contributed by atoms with Crippen molar-refractivity contribution in [1.82, 2.24) is 0 Å². The minimum absolute atomic E-state index is 0.150. The highest BCUT2D eigenvalue weighted by Crippen LogP contribution is 2.19. The summed E-state index contributed by atoms with van der Waals surface area (Å²) in [6, 6.07) is 6.45. The highest BCUT2D eigenvalue weighted by atomic mass is 32.2. The van der Waals surface area contributed by atoms with E-state index in [9.17, 15) is 9.59 Å². The van der Waals surface area contributed by atoms with E-state index in [1.54, 1.807) is 12.1 Å². The van der Waals surface area contributed by atoms with Crippen molar-refractivity contribution in [2.24, 2.45) is 0 Å². The predicted octanol–water partition coefficient (Wildman–Crippen LogP) is 2.45. The molecule has 20 heavy (non-hydrogen) atoms. The van der Waals surface area contributed by atoms with Gasteiger partial charge < -0.3 is 14.6 Å². The second kappa shape index (κ2) is 9.39. The summed E-state index contributed by atoms with van der Waals surface area (Å²) in [5.41, 5.74) is 0.205. The molecule has 1 rings (SSSR count). The molecule has 0 radical (unpaired) electrons. The van der Waals surface area contributed by atoms with Crippen LogP contribution in [0.25, 0.3) is 0 Å². The number of hydrogen-bond acceptors (Lipinski definition) is 5. The number of carbonyl (C=O) groups is 2. The van der Waals surface area contributed by atoms with Crippen LogP contribution in [0.2, 0.25) is 0 Å². The molecule has 0 aromatic heterocycles. The third kappa shape index (κ3) is 6.58. The number of rotatable bonds is 9. The van der Waals surface area contributed by atoms with E-state index in [0.717, 1.165) is 11.3 Å². The molecule has 0 unspecified atom stereocenters. The first-order valence-electron chi connectivity index (χ1n) is 6.33. The maximum Gasteiger partial charge on any atom is 0.335 e. The molecule has 0 atom stereocenters. The van der Waals surface area contributed by atoms with Crippen LogP contribution in [-0.4, -0.2) is 42.6 Å². The lowest BCUT2D eigenvalue weighted by Gasteiger charge is -2.05. The minimum Gasteiger partial charge on any atom is -0.478 e. The zero-order valence-corrected chi connectivity index (χ0v) is 12.1. The number of thioether (sulfide) groups is 1. The molecule has 0 fully saturated rings. The van der Waals surface area contributed by atoms with Gasteiger partial charge in [-0.2, -0.15) is 0 Å². The van der Waals surface area contributed by atoms with Gasteiger partial charge in [0.2, 0.25) is 0 Å². The van der Waals surface area contributed by atoms with Gasteiger partial charge in [0.05, 0.1) is 17.9 Å². The Hall–Kier alpha value is -1.53. The quantitative estimate of drug-likeness (QED) is 0.429. The average Bonchev–Trinajstić information content (AvgIpc) is 2.45. The van der Waals surface area contributed by atoms with E-state index < -0.39 is 5.97 Å². The maximum atomic E-state index is 11.5. The summed E-state index contributed by atoms with van der Waals surface area (Å²) in [6.07, 6.45) is 0.934. The highest BCUT2D eigenvalue weighted by molar-refractivity contribution is 8.00. The number of carbonyl (C=O) groups excluding carboxylic acids is 1. The average molecular weight is 298 g/mol. The molecule has 1 aromatic carbocycles. The molecule has 110 valence electrons. The largest absolute Gasteiger partial charge is 0.478 e. The van der Waals surface area contributed by atoms with Gasteiger partial charge in [0.25, 0.3) is 0 Å². The van der Waals surface area contributed by atoms with Gasteiger partial charge in [-0.15, -0.1) is 11.8 Å². The van der Waals surface area contributed by atoms with Crippen LogP contribution in [0.1, 0.15) is 23.7 Å². The van der Waals surface area contributed by atoms with Gasteiger partial charge in [-0.3, -0.25) is 4.79 Å². The highest BCUT2D eigenvalue weighted by Gasteiger charge is 2.07. The molecule has 0 saturated heterocycles. The van der Waals surface area contributed by atoms with Gasteiger partial charge in [0, 0.05) is 11.5 Å². The number of benzene rings is 1. The normalized spacial score (nSPS) is 10.2. The molecule has 0 aliphatic rings. The smallest absolute Gasteiger partial charge is 0.335 e. The lowest BCUT2D eigenvalue weighted by atomic mass is 10.2. The van der Waals surface area contributed by atoms with Crippen LogP contribution in [0.5, 0.6) is 0 Å². The lowest BCUT2D eigenvalue weighted by Crippen LogP contribution is -2.12. The summed E-state index contributed by atoms with van der Waals surface area (Å²) in [5, 5.41) is 8.86. The molecule has 0 heterocycles. The summed E-state index contributed by atoms with van der Waals surface area (Å²) in [5.74, 6) is -1.17. The summed E-state index contributed by atoms with van der Waals surface area (Å²) < 4.78 is 10.2. The predicted molar refractivity (Wildman–Crippen MR) is 76.2 cm³/mol. The Balaban J connectivity index is 2.27. The fraction of sp³-hybridized carbons (Fsp3) is 0.429. The number of carboxylic acids is 1. The van der Waals surface area contributed by atoms with Crippen LogP contribution in [0, 0.1) is 0 Å². The monoisotopic (exact) mass is 298 g/mol. The van der Waals surface area contributed by atoms with E-state index in [0.29, 0.717) is 13.2 Å². The number of carboxylic acid groups (broad SMARTS) is 1. The van der Waals surface area contributed by atoms with Crippen LogP contribution in [0.3, 0.4) is 0 Å². The Morgan fingerprint density at radius 1 is 1.25 bits per heavy atom. The first-order chi connectivity index (χ1) is 9.63. The van der Waals surface area contributed by atoms with Gasteiger partial charge in [0.1, 0.15) is 6.61 Å². The second-order valence-corrected chi connectivity index (χ2v) is 5.00. The molecule has 5 nitrogen and oxygen atoms in total. The summed E-state index contributed by atoms with van der Waals surface area (Å²) in [7, 11) is 0. The van der Waals surface area contributed by atoms with Crippen LogP contribution < -0.4 is 0 Å². The molecule has 6 heteroatoms. The van der Waals surface area contributed by atoms with Crippen molar-refractivity contribution in [2.45, 2.75) is 18.2 Å². The standard InChI is InChI=1S/C14H18O5S/c1-2-6-18-7-8-19-13(15)10-20-12-5-3-4-11(9-12)14(16)17/h3-5,9H,2,6-8,10H2,1H3,(H,16,17). The molecular formula is C14H18O5S. The van der Waals surface area contributed by atoms with E-state index in [-0.39, 0.29) is 23.9 Å². The molecule has 0 aliphatic carbocycles. The third-order valence-electron chi connectivity index (χ3n) is 2.28. The van der Waals surface area contributed by atoms with E-state index in [1.807, 2.05) is 6.92 Å². The van der Waals surface area contributed by atoms with Crippen LogP contribution in [-0.2, 0) is 14.3 Å². The van der Waals surface area contributed by atoms with Crippen molar-refractivity contribution in [1.29, 1.82) is 0 Å². The van der Waals surface area contributed by atoms with Crippen molar-refractivity contribution < 1.29 is 24.2 Å². The zero-order valence-electron chi connectivity index (χ0n) is 11.3. The molecule has 1 N–H and O–H groups in total. The first kappa shape index (κ1) is 16.5. The zero-order chi connectivity index (χ0) is 14.8. The molecule has 0 bridgehead atoms. The summed E-state index contributed by atoms with van der Waals surface area (Å²) in [4.78, 5) is 23.0. The molecule has 0 saturated carbocycles. The van der Waals surface area contributed by atoms with Crippen molar-refractivity contribution in [3.8, 4) is 0 Å². The Morgan fingerprint density at radius 2 is 2.05 bits per heavy atom. The van der Waals surface area contributed by atoms with Crippen molar-refractivity contribution >= 4 is 23.7 Å². The molecule has 0 aliphatic heterocycles. The number of ether oxygens (including phenoxy) is 2. The Kier molecular flexibility index (Phi) is 7.75. The maximum absolute atomic E-state index is 11.5. The summed E-state index contributed by atoms with van der Waals surface area (Å²) >= 11 is 1.25. The number of esters is 1. The van der Waals surface area contributed by atoms with Gasteiger partial charge in [-0.1, -0.05) is 13.0 Å². The summed E-state index contributed by atoms with van der Waals surface area (Å²) in [6.45, 7) is 3.31. The van der Waals surface area contributed by atoms with E-state index in [4.69, 9.17) is 14.6 Å². The minimum atomic E-state index is -0.983. The van der Waals surface area contributed by atoms with Crippen molar-refractivity contribution in [3.05, 3.63) is 29.8 Å². The van der Waals surface area contributed by atoms with Crippen LogP contribution in [0.4, 0.5) is 0 Å². The van der Waals surface area contributed by atoms with Gasteiger partial charge in [-0.05, 0) is 24.6 Å². The third-order valence-corrected chi connectivity index (χ3v) is 3.24. The number of hydrogen-bond donors (Lipinski definition) is 1. The fourth-order valence-electron chi connectivity index (χ4n) is 1.36. The van der Waals surface area contributed by atoms with Gasteiger partial charge >= 0.3 is 11.9 Å². The van der Waals surface area contributed by atoms with Gasteiger partial charge in [0.15, 0.2) is 0 Å². The fourth-order valence-corrected chi connectivity index (χ4v) is 2.12. The van der Waals surface area contributed by atoms with Crippen molar-refractivity contribution in [3.63, 3.8) is 0 Å². The van der Waals surface area contributed by atoms with Crippen LogP contribution >= 0.6 is 11.8 Å². The van der Waals surface area contributed by atoms with Gasteiger partial charge in [-0.25, -0.2) is 4.79 Å². The van der Waals surface area contributed by atoms with Crippen LogP contribution in [0.15, 0.2) is 29.2 Å². The van der Waals surface area contributed by atoms with Crippen molar-refractivity contribution in [2.75, 3.05) is 25.6 Å². The molecule has 0 spiro atoms. The Morgan fingerprint density at radius 3 is 2.75 bits per heavy atom. The molecule has 0 amide bonds. The Bertz CT molecular complexity index is 447. The SMILES string of the molecule is CCCOCCOC(=O)CSc1cccc(C(=O)O)c1. The molecule has 1 aromatic rings. The number of aromatic carboxylic acids is 1. The molecular weight excluding hydrogens is 280 g/mol. The second-order valence-electron chi connectivity index (χ2n) is 3.95. The lowest BCUT2D eigenvalue weighted by molar-refractivity contribution is -0.141. The van der Waals surface area contributed by atoms with E-state index >= 15 is 0 Å². The first-order valence-corrected chi connectivity index (χ1v) is 7.31. The van der Waals surface area contributed by atoms with E-state index in [2.05, 4.69) is 0 Å². The Labute approximate surface area is 122 Å².